The van der Waals surface area contributed by atoms with Crippen molar-refractivity contribution >= 4 is 23.5 Å². The van der Waals surface area contributed by atoms with Crippen molar-refractivity contribution in [3.8, 4) is 0 Å². The first-order valence-corrected chi connectivity index (χ1v) is 15.4. The molecule has 2 bridgehead atoms. The molecule has 0 aliphatic carbocycles. The van der Waals surface area contributed by atoms with Crippen molar-refractivity contribution in [3.05, 3.63) is 54.6 Å². The molecule has 2 amide bonds. The van der Waals surface area contributed by atoms with E-state index in [1.165, 1.54) is 0 Å². The number of aliphatic hydroxyl groups is 1. The number of fused-ring (bicyclic) bond motifs is 1. The summed E-state index contributed by atoms with van der Waals surface area (Å²) in [5.41, 5.74) is 0.511. The van der Waals surface area contributed by atoms with Gasteiger partial charge in [0, 0.05) is 12.2 Å². The first kappa shape index (κ1) is 32.0. The second-order valence-corrected chi connectivity index (χ2v) is 12.9. The van der Waals surface area contributed by atoms with Crippen LogP contribution in [0, 0.1) is 31.6 Å². The number of esters is 1. The Morgan fingerprint density at radius 2 is 1.88 bits per heavy atom. The van der Waals surface area contributed by atoms with Crippen LogP contribution < -0.4 is 4.90 Å². The molecule has 6 atom stereocenters. The summed E-state index contributed by atoms with van der Waals surface area (Å²) in [6, 6.07) is 4.27. The van der Waals surface area contributed by atoms with E-state index in [0.29, 0.717) is 25.7 Å². The van der Waals surface area contributed by atoms with E-state index >= 15 is 0 Å². The number of para-hydroxylation sites is 1. The van der Waals surface area contributed by atoms with E-state index < -0.39 is 41.1 Å². The number of carbonyl (C=O) groups excluding carboxylic acids is 3. The van der Waals surface area contributed by atoms with Crippen LogP contribution in [0.1, 0.15) is 70.4 Å². The van der Waals surface area contributed by atoms with Gasteiger partial charge in [-0.05, 0) is 76.3 Å². The molecule has 3 aliphatic rings. The van der Waals surface area contributed by atoms with Gasteiger partial charge in [0.25, 0.3) is 5.91 Å². The SMILES string of the molecule is C=CCCCCOC(=O)[C@@H]1[C@H]2C(=O)N([C@@H](CO)CC(C)C)C(C(=O)N(CC=C)c3c(C)cccc3C)C23CC[C@@]1(C)O3. The van der Waals surface area contributed by atoms with Gasteiger partial charge in [-0.1, -0.05) is 44.2 Å². The minimum Gasteiger partial charge on any atom is -0.465 e. The number of benzene rings is 1. The average molecular weight is 581 g/mol. The van der Waals surface area contributed by atoms with Gasteiger partial charge < -0.3 is 24.4 Å². The normalized spacial score (nSPS) is 28.6. The van der Waals surface area contributed by atoms with Gasteiger partial charge in [0.15, 0.2) is 0 Å². The zero-order valence-corrected chi connectivity index (χ0v) is 25.9. The summed E-state index contributed by atoms with van der Waals surface area (Å²) < 4.78 is 12.5. The molecule has 3 saturated heterocycles. The number of anilines is 1. The number of unbranched alkanes of at least 4 members (excludes halogenated alkanes) is 2. The van der Waals surface area contributed by atoms with Gasteiger partial charge in [0.1, 0.15) is 17.6 Å². The first-order chi connectivity index (χ1) is 20.0. The molecule has 1 spiro atoms. The van der Waals surface area contributed by atoms with E-state index in [4.69, 9.17) is 9.47 Å². The van der Waals surface area contributed by atoms with Crippen LogP contribution in [0.25, 0.3) is 0 Å². The number of hydrogen-bond donors (Lipinski definition) is 1. The fourth-order valence-corrected chi connectivity index (χ4v) is 7.67. The first-order valence-electron chi connectivity index (χ1n) is 15.4. The smallest absolute Gasteiger partial charge is 0.312 e. The van der Waals surface area contributed by atoms with Crippen LogP contribution in [0.15, 0.2) is 43.5 Å². The summed E-state index contributed by atoms with van der Waals surface area (Å²) in [5, 5.41) is 10.6. The van der Waals surface area contributed by atoms with Gasteiger partial charge in [-0.15, -0.1) is 13.2 Å². The van der Waals surface area contributed by atoms with Gasteiger partial charge in [-0.25, -0.2) is 0 Å². The fraction of sp³-hybridized carbons (Fsp3) is 0.618. The molecule has 8 heteroatoms. The van der Waals surface area contributed by atoms with Gasteiger partial charge in [0.05, 0.1) is 30.8 Å². The number of likely N-dealkylation sites (tertiary alicyclic amines) is 1. The molecular formula is C34H48N2O6. The number of allylic oxidation sites excluding steroid dienone is 1. The highest BCUT2D eigenvalue weighted by atomic mass is 16.6. The number of carbonyl (C=O) groups is 3. The zero-order valence-electron chi connectivity index (χ0n) is 25.9. The molecule has 3 aliphatic heterocycles. The minimum absolute atomic E-state index is 0.164. The van der Waals surface area contributed by atoms with E-state index in [9.17, 15) is 19.5 Å². The highest BCUT2D eigenvalue weighted by Crippen LogP contribution is 2.64. The average Bonchev–Trinajstić information content (AvgIpc) is 3.51. The second kappa shape index (κ2) is 12.7. The van der Waals surface area contributed by atoms with Crippen LogP contribution in [0.2, 0.25) is 0 Å². The molecular weight excluding hydrogens is 532 g/mol. The second-order valence-electron chi connectivity index (χ2n) is 12.9. The molecule has 3 heterocycles. The molecule has 8 nitrogen and oxygen atoms in total. The molecule has 4 rings (SSSR count). The van der Waals surface area contributed by atoms with Gasteiger partial charge in [0.2, 0.25) is 5.91 Å². The molecule has 2 unspecified atom stereocenters. The van der Waals surface area contributed by atoms with Crippen molar-refractivity contribution in [2.75, 3.05) is 24.7 Å². The molecule has 0 saturated carbocycles. The maximum atomic E-state index is 14.9. The van der Waals surface area contributed by atoms with Crippen molar-refractivity contribution < 1.29 is 29.0 Å². The molecule has 230 valence electrons. The number of amides is 2. The number of rotatable bonds is 14. The zero-order chi connectivity index (χ0) is 30.8. The van der Waals surface area contributed by atoms with Crippen molar-refractivity contribution in [2.24, 2.45) is 17.8 Å². The summed E-state index contributed by atoms with van der Waals surface area (Å²) >= 11 is 0. The predicted molar refractivity (Wildman–Crippen MR) is 163 cm³/mol. The van der Waals surface area contributed by atoms with Crippen molar-refractivity contribution in [1.29, 1.82) is 0 Å². The summed E-state index contributed by atoms with van der Waals surface area (Å²) in [6.07, 6.45) is 7.41. The Hall–Kier alpha value is -2.97. The van der Waals surface area contributed by atoms with Crippen molar-refractivity contribution in [3.63, 3.8) is 0 Å². The Balaban J connectivity index is 1.79. The van der Waals surface area contributed by atoms with Gasteiger partial charge >= 0.3 is 5.97 Å². The maximum Gasteiger partial charge on any atom is 0.312 e. The highest BCUT2D eigenvalue weighted by molar-refractivity contribution is 6.05. The molecule has 1 N–H and O–H groups in total. The number of aryl methyl sites for hydroxylation is 2. The van der Waals surface area contributed by atoms with E-state index in [1.807, 2.05) is 58.9 Å². The fourth-order valence-electron chi connectivity index (χ4n) is 7.67. The number of hydrogen-bond acceptors (Lipinski definition) is 6. The third-order valence-corrected chi connectivity index (χ3v) is 9.38. The number of aliphatic hydroxyl groups excluding tert-OH is 1. The number of nitrogens with zero attached hydrogens (tertiary/aromatic N) is 2. The minimum atomic E-state index is -1.20. The Labute approximate surface area is 250 Å². The highest BCUT2D eigenvalue weighted by Gasteiger charge is 2.79. The lowest BCUT2D eigenvalue weighted by atomic mass is 9.66. The van der Waals surface area contributed by atoms with Crippen LogP contribution in [0.5, 0.6) is 0 Å². The van der Waals surface area contributed by atoms with Gasteiger partial charge in [-0.2, -0.15) is 0 Å². The third kappa shape index (κ3) is 5.44. The van der Waals surface area contributed by atoms with Crippen LogP contribution in [0.4, 0.5) is 5.69 Å². The summed E-state index contributed by atoms with van der Waals surface area (Å²) in [4.78, 5) is 46.3. The van der Waals surface area contributed by atoms with Crippen molar-refractivity contribution in [1.82, 2.24) is 4.90 Å². The van der Waals surface area contributed by atoms with E-state index in [1.54, 1.807) is 15.9 Å². The lowest BCUT2D eigenvalue weighted by Crippen LogP contribution is -2.59. The largest absolute Gasteiger partial charge is 0.465 e. The Morgan fingerprint density at radius 1 is 1.19 bits per heavy atom. The van der Waals surface area contributed by atoms with Crippen LogP contribution in [-0.2, 0) is 23.9 Å². The Kier molecular flexibility index (Phi) is 9.68. The molecule has 1 aromatic rings. The topological polar surface area (TPSA) is 96.4 Å². The summed E-state index contributed by atoms with van der Waals surface area (Å²) in [7, 11) is 0. The lowest BCUT2D eigenvalue weighted by molar-refractivity contribution is -0.160. The van der Waals surface area contributed by atoms with E-state index in [0.717, 1.165) is 29.7 Å². The molecule has 3 fully saturated rings. The summed E-state index contributed by atoms with van der Waals surface area (Å²) in [5.74, 6) is -2.58. The quantitative estimate of drug-likeness (QED) is 0.191. The van der Waals surface area contributed by atoms with E-state index in [2.05, 4.69) is 13.2 Å². The maximum absolute atomic E-state index is 14.9. The monoisotopic (exact) mass is 580 g/mol. The lowest BCUT2D eigenvalue weighted by Gasteiger charge is -2.40. The van der Waals surface area contributed by atoms with Gasteiger partial charge in [-0.3, -0.25) is 14.4 Å². The molecule has 42 heavy (non-hydrogen) atoms. The molecule has 0 aromatic heterocycles. The summed E-state index contributed by atoms with van der Waals surface area (Å²) in [6.45, 7) is 17.7. The number of ether oxygens (including phenoxy) is 2. The van der Waals surface area contributed by atoms with Crippen LogP contribution in [-0.4, -0.2) is 70.8 Å². The van der Waals surface area contributed by atoms with Crippen LogP contribution >= 0.6 is 0 Å². The Morgan fingerprint density at radius 3 is 2.48 bits per heavy atom. The molecule has 0 radical (unpaired) electrons. The van der Waals surface area contributed by atoms with Crippen LogP contribution in [0.3, 0.4) is 0 Å². The third-order valence-electron chi connectivity index (χ3n) is 9.38. The Bertz CT molecular complexity index is 1190. The predicted octanol–water partition coefficient (Wildman–Crippen LogP) is 4.89. The van der Waals surface area contributed by atoms with E-state index in [-0.39, 0.29) is 37.5 Å². The standard InChI is InChI=1S/C34H48N2O6/c1-8-10-11-12-19-41-32(40)27-26-30(38)36(25(21-37)20-22(3)4)29(34(26)17-16-33(27,7)42-34)31(39)35(18-9-2)28-23(5)14-13-15-24(28)6/h8-9,13-15,22,25-27,29,37H,1-2,10-12,16-21H2,3-7H3/t25-,26+,27+,29?,33-,34?/m1/s1. The van der Waals surface area contributed by atoms with Crippen molar-refractivity contribution in [2.45, 2.75) is 96.4 Å². The molecule has 1 aromatic carbocycles.